The van der Waals surface area contributed by atoms with Crippen LogP contribution in [0.2, 0.25) is 0 Å². The van der Waals surface area contributed by atoms with Crippen LogP contribution in [0.5, 0.6) is 5.75 Å². The van der Waals surface area contributed by atoms with Crippen molar-refractivity contribution in [3.05, 3.63) is 71.8 Å². The minimum atomic E-state index is -0.303. The zero-order valence-electron chi connectivity index (χ0n) is 20.2. The first-order valence-corrected chi connectivity index (χ1v) is 11.8. The Morgan fingerprint density at radius 2 is 1.63 bits per heavy atom. The number of benzene rings is 3. The average Bonchev–Trinajstić information content (AvgIpc) is 3.28. The summed E-state index contributed by atoms with van der Waals surface area (Å²) in [5.74, 6) is 0.377. The van der Waals surface area contributed by atoms with Gasteiger partial charge in [-0.2, -0.15) is 4.80 Å². The lowest BCUT2D eigenvalue weighted by atomic mass is 10.2. The number of amides is 1. The molecule has 0 saturated carbocycles. The number of ether oxygens (including phenoxy) is 1. The van der Waals surface area contributed by atoms with Crippen molar-refractivity contribution in [1.82, 2.24) is 20.3 Å². The second-order valence-corrected chi connectivity index (χ2v) is 8.38. The van der Waals surface area contributed by atoms with Gasteiger partial charge in [-0.05, 0) is 99.2 Å². The maximum Gasteiger partial charge on any atom is 0.257 e. The van der Waals surface area contributed by atoms with Gasteiger partial charge < -0.3 is 15.0 Å². The van der Waals surface area contributed by atoms with Gasteiger partial charge in [0, 0.05) is 30.0 Å². The Bertz CT molecular complexity index is 1350. The molecule has 0 bridgehead atoms. The third-order valence-electron chi connectivity index (χ3n) is 5.76. The summed E-state index contributed by atoms with van der Waals surface area (Å²) >= 11 is 5.37. The van der Waals surface area contributed by atoms with Crippen LogP contribution in [0.1, 0.15) is 29.8 Å². The predicted octanol–water partition coefficient (Wildman–Crippen LogP) is 4.71. The van der Waals surface area contributed by atoms with Crippen LogP contribution in [-0.4, -0.2) is 46.2 Å². The molecule has 4 aromatic rings. The minimum Gasteiger partial charge on any atom is -0.497 e. The highest BCUT2D eigenvalue weighted by atomic mass is 32.1. The Morgan fingerprint density at radius 1 is 1.00 bits per heavy atom. The van der Waals surface area contributed by atoms with Crippen LogP contribution in [0.4, 0.5) is 11.4 Å². The zero-order chi connectivity index (χ0) is 24.9. The maximum absolute atomic E-state index is 12.5. The lowest BCUT2D eigenvalue weighted by Crippen LogP contribution is -2.34. The van der Waals surface area contributed by atoms with Gasteiger partial charge in [0.1, 0.15) is 16.8 Å². The Hall–Kier alpha value is -3.98. The number of rotatable bonds is 7. The van der Waals surface area contributed by atoms with Gasteiger partial charge in [-0.3, -0.25) is 10.1 Å². The highest BCUT2D eigenvalue weighted by Gasteiger charge is 2.12. The Kier molecular flexibility index (Phi) is 7.26. The Morgan fingerprint density at radius 3 is 2.23 bits per heavy atom. The number of nitrogens with one attached hydrogen (secondary N) is 2. The fourth-order valence-corrected chi connectivity index (χ4v) is 3.98. The second kappa shape index (κ2) is 10.5. The van der Waals surface area contributed by atoms with Gasteiger partial charge >= 0.3 is 0 Å². The lowest BCUT2D eigenvalue weighted by Gasteiger charge is -2.20. The summed E-state index contributed by atoms with van der Waals surface area (Å²) in [6, 6.07) is 18.8. The number of nitrogens with zero attached hydrogens (tertiary/aromatic N) is 4. The van der Waals surface area contributed by atoms with Crippen LogP contribution >= 0.6 is 12.2 Å². The number of hydrogen-bond donors (Lipinski definition) is 2. The van der Waals surface area contributed by atoms with E-state index in [-0.39, 0.29) is 11.0 Å². The summed E-state index contributed by atoms with van der Waals surface area (Å²) in [5.41, 5.74) is 5.71. The van der Waals surface area contributed by atoms with Crippen LogP contribution in [-0.2, 0) is 0 Å². The molecule has 1 aromatic heterocycles. The van der Waals surface area contributed by atoms with Gasteiger partial charge in [0.05, 0.1) is 12.8 Å². The summed E-state index contributed by atoms with van der Waals surface area (Å²) in [6.07, 6.45) is 0. The van der Waals surface area contributed by atoms with E-state index < -0.39 is 0 Å². The molecular formula is C26H28N6O2S. The molecule has 0 aliphatic carbocycles. The SMILES string of the molecule is CCN(CC)c1ccc(-n2nc3cc(C)c(NC(=S)NC(=O)c4ccc(OC)cc4)cc3n2)cc1. The number of aromatic nitrogens is 3. The molecule has 0 fully saturated rings. The van der Waals surface area contributed by atoms with E-state index in [9.17, 15) is 4.79 Å². The van der Waals surface area contributed by atoms with Crippen molar-refractivity contribution >= 4 is 45.6 Å². The van der Waals surface area contributed by atoms with Gasteiger partial charge in [0.15, 0.2) is 5.11 Å². The summed E-state index contributed by atoms with van der Waals surface area (Å²) in [7, 11) is 1.58. The molecule has 0 saturated heterocycles. The number of carbonyl (C=O) groups excluding carboxylic acids is 1. The molecule has 0 aliphatic heterocycles. The Labute approximate surface area is 209 Å². The van der Waals surface area contributed by atoms with Gasteiger partial charge in [0.2, 0.25) is 0 Å². The van der Waals surface area contributed by atoms with Crippen molar-refractivity contribution in [2.45, 2.75) is 20.8 Å². The fraction of sp³-hybridized carbons (Fsp3) is 0.231. The molecular weight excluding hydrogens is 460 g/mol. The first kappa shape index (κ1) is 24.2. The zero-order valence-corrected chi connectivity index (χ0v) is 21.0. The lowest BCUT2D eigenvalue weighted by molar-refractivity contribution is 0.0977. The largest absolute Gasteiger partial charge is 0.497 e. The molecule has 35 heavy (non-hydrogen) atoms. The van der Waals surface area contributed by atoms with E-state index in [1.165, 1.54) is 5.69 Å². The highest BCUT2D eigenvalue weighted by molar-refractivity contribution is 7.80. The maximum atomic E-state index is 12.5. The van der Waals surface area contributed by atoms with Crippen molar-refractivity contribution in [3.63, 3.8) is 0 Å². The van der Waals surface area contributed by atoms with E-state index in [1.54, 1.807) is 36.2 Å². The molecule has 4 rings (SSSR count). The van der Waals surface area contributed by atoms with Gasteiger partial charge in [-0.25, -0.2) is 0 Å². The molecule has 1 amide bonds. The second-order valence-electron chi connectivity index (χ2n) is 7.97. The monoisotopic (exact) mass is 488 g/mol. The van der Waals surface area contributed by atoms with Crippen molar-refractivity contribution in [2.75, 3.05) is 30.4 Å². The first-order chi connectivity index (χ1) is 16.9. The normalized spacial score (nSPS) is 10.7. The number of thiocarbonyl (C=S) groups is 1. The summed E-state index contributed by atoms with van der Waals surface area (Å²) in [6.45, 7) is 8.15. The molecule has 8 nitrogen and oxygen atoms in total. The minimum absolute atomic E-state index is 0.202. The summed E-state index contributed by atoms with van der Waals surface area (Å²) < 4.78 is 5.13. The molecule has 1 heterocycles. The number of carbonyl (C=O) groups is 1. The van der Waals surface area contributed by atoms with Gasteiger partial charge in [0.25, 0.3) is 5.91 Å². The van der Waals surface area contributed by atoms with E-state index in [2.05, 4.69) is 51.7 Å². The predicted molar refractivity (Wildman–Crippen MR) is 144 cm³/mol. The van der Waals surface area contributed by atoms with Crippen molar-refractivity contribution in [3.8, 4) is 11.4 Å². The Balaban J connectivity index is 1.49. The number of methoxy groups -OCH3 is 1. The topological polar surface area (TPSA) is 84.3 Å². The average molecular weight is 489 g/mol. The third-order valence-corrected chi connectivity index (χ3v) is 5.97. The molecule has 3 aromatic carbocycles. The van der Waals surface area contributed by atoms with Gasteiger partial charge in [-0.1, -0.05) is 0 Å². The quantitative estimate of drug-likeness (QED) is 0.365. The molecule has 0 spiro atoms. The summed E-state index contributed by atoms with van der Waals surface area (Å²) in [4.78, 5) is 16.4. The van der Waals surface area contributed by atoms with Crippen LogP contribution in [0.25, 0.3) is 16.7 Å². The van der Waals surface area contributed by atoms with Crippen LogP contribution < -0.4 is 20.3 Å². The van der Waals surface area contributed by atoms with Crippen LogP contribution in [0.15, 0.2) is 60.7 Å². The number of anilines is 2. The molecule has 9 heteroatoms. The molecule has 0 radical (unpaired) electrons. The van der Waals surface area contributed by atoms with E-state index in [4.69, 9.17) is 17.0 Å². The molecule has 180 valence electrons. The smallest absolute Gasteiger partial charge is 0.257 e. The van der Waals surface area contributed by atoms with E-state index in [0.717, 1.165) is 41.1 Å². The van der Waals surface area contributed by atoms with Crippen molar-refractivity contribution in [1.29, 1.82) is 0 Å². The molecule has 0 aliphatic rings. The first-order valence-electron chi connectivity index (χ1n) is 11.4. The van der Waals surface area contributed by atoms with E-state index in [1.807, 2.05) is 31.2 Å². The standard InChI is InChI=1S/C26H28N6O2S/c1-5-31(6-2)19-9-11-20(12-10-19)32-29-23-15-17(3)22(16-24(23)30-32)27-26(35)28-25(33)18-7-13-21(34-4)14-8-18/h7-16H,5-6H2,1-4H3,(H2,27,28,33,35). The summed E-state index contributed by atoms with van der Waals surface area (Å²) in [5, 5.41) is 15.3. The molecule has 0 atom stereocenters. The van der Waals surface area contributed by atoms with E-state index in [0.29, 0.717) is 11.3 Å². The number of fused-ring (bicyclic) bond motifs is 1. The highest BCUT2D eigenvalue weighted by Crippen LogP contribution is 2.23. The third kappa shape index (κ3) is 5.41. The van der Waals surface area contributed by atoms with E-state index >= 15 is 0 Å². The van der Waals surface area contributed by atoms with Crippen molar-refractivity contribution in [2.24, 2.45) is 0 Å². The number of aryl methyl sites for hydroxylation is 1. The molecule has 0 unspecified atom stereocenters. The van der Waals surface area contributed by atoms with Crippen LogP contribution in [0, 0.1) is 6.92 Å². The van der Waals surface area contributed by atoms with Crippen LogP contribution in [0.3, 0.4) is 0 Å². The fourth-order valence-electron chi connectivity index (χ4n) is 3.77. The number of hydrogen-bond acceptors (Lipinski definition) is 6. The van der Waals surface area contributed by atoms with Crippen molar-refractivity contribution < 1.29 is 9.53 Å². The molecule has 2 N–H and O–H groups in total. The van der Waals surface area contributed by atoms with Gasteiger partial charge in [-0.15, -0.1) is 10.2 Å².